The van der Waals surface area contributed by atoms with E-state index in [4.69, 9.17) is 21.1 Å². The molecule has 0 saturated carbocycles. The topological polar surface area (TPSA) is 38.7 Å². The minimum atomic E-state index is -0.788. The average Bonchev–Trinajstić information content (AvgIpc) is 2.29. The lowest BCUT2D eigenvalue weighted by Crippen LogP contribution is -2.41. The maximum absolute atomic E-state index is 10.3. The molecule has 0 unspecified atom stereocenters. The number of para-hydroxylation sites is 1. The van der Waals surface area contributed by atoms with Crippen LogP contribution in [0.25, 0.3) is 0 Å². The third-order valence-corrected chi connectivity index (χ3v) is 3.37. The van der Waals surface area contributed by atoms with E-state index in [1.54, 1.807) is 6.07 Å². The summed E-state index contributed by atoms with van der Waals surface area (Å²) in [5, 5.41) is 10.9. The Labute approximate surface area is 106 Å². The number of rotatable bonds is 3. The second kappa shape index (κ2) is 5.25. The van der Waals surface area contributed by atoms with Gasteiger partial charge in [-0.05, 0) is 18.6 Å². The van der Waals surface area contributed by atoms with Crippen molar-refractivity contribution in [2.24, 2.45) is 0 Å². The molecule has 0 atom stereocenters. The highest BCUT2D eigenvalue weighted by Gasteiger charge is 2.31. The van der Waals surface area contributed by atoms with E-state index in [0.717, 1.165) is 5.56 Å². The number of hydrogen-bond acceptors (Lipinski definition) is 3. The molecule has 1 aromatic rings. The molecule has 0 aliphatic carbocycles. The molecule has 1 N–H and O–H groups in total. The summed E-state index contributed by atoms with van der Waals surface area (Å²) in [6.45, 7) is 3.37. The lowest BCUT2D eigenvalue weighted by molar-refractivity contribution is -0.0856. The molecule has 0 radical (unpaired) electrons. The summed E-state index contributed by atoms with van der Waals surface area (Å²) in [4.78, 5) is 0. The van der Waals surface area contributed by atoms with Gasteiger partial charge in [0.05, 0.1) is 5.02 Å². The van der Waals surface area contributed by atoms with Crippen LogP contribution in [0.2, 0.25) is 5.02 Å². The highest BCUT2D eigenvalue weighted by molar-refractivity contribution is 6.32. The maximum Gasteiger partial charge on any atom is 0.140 e. The largest absolute Gasteiger partial charge is 0.489 e. The first-order valence-corrected chi connectivity index (χ1v) is 6.17. The van der Waals surface area contributed by atoms with Gasteiger partial charge in [0.2, 0.25) is 0 Å². The van der Waals surface area contributed by atoms with E-state index < -0.39 is 5.60 Å². The molecule has 0 bridgehead atoms. The predicted octanol–water partition coefficient (Wildman–Crippen LogP) is 2.57. The maximum atomic E-state index is 10.3. The first-order chi connectivity index (χ1) is 8.11. The Balaban J connectivity index is 2.02. The quantitative estimate of drug-likeness (QED) is 0.903. The van der Waals surface area contributed by atoms with Gasteiger partial charge in [0.25, 0.3) is 0 Å². The zero-order valence-electron chi connectivity index (χ0n) is 9.91. The smallest absolute Gasteiger partial charge is 0.140 e. The molecular formula is C13H17ClO3. The summed E-state index contributed by atoms with van der Waals surface area (Å²) in [5.41, 5.74) is 0.192. The Morgan fingerprint density at radius 1 is 1.41 bits per heavy atom. The van der Waals surface area contributed by atoms with Gasteiger partial charge >= 0.3 is 0 Å². The van der Waals surface area contributed by atoms with Crippen LogP contribution in [0, 0.1) is 6.92 Å². The molecule has 1 aromatic carbocycles. The Hall–Kier alpha value is -0.770. The van der Waals surface area contributed by atoms with Crippen LogP contribution in [0.3, 0.4) is 0 Å². The van der Waals surface area contributed by atoms with Crippen LogP contribution in [-0.4, -0.2) is 30.5 Å². The third-order valence-electron chi connectivity index (χ3n) is 3.07. The molecule has 1 aliphatic rings. The summed E-state index contributed by atoms with van der Waals surface area (Å²) in [7, 11) is 0. The third kappa shape index (κ3) is 3.12. The Bertz CT molecular complexity index is 366. The van der Waals surface area contributed by atoms with Gasteiger partial charge in [0, 0.05) is 26.1 Å². The van der Waals surface area contributed by atoms with Crippen molar-refractivity contribution >= 4 is 11.6 Å². The fourth-order valence-corrected chi connectivity index (χ4v) is 2.18. The van der Waals surface area contributed by atoms with Gasteiger partial charge in [0.15, 0.2) is 0 Å². The normalized spacial score (nSPS) is 19.0. The zero-order valence-corrected chi connectivity index (χ0v) is 10.7. The molecule has 1 aliphatic heterocycles. The molecule has 2 rings (SSSR count). The van der Waals surface area contributed by atoms with Crippen molar-refractivity contribution in [3.05, 3.63) is 28.8 Å². The van der Waals surface area contributed by atoms with E-state index in [1.165, 1.54) is 0 Å². The first kappa shape index (κ1) is 12.7. The SMILES string of the molecule is Cc1cccc(Cl)c1OCC1(O)CCOCC1. The highest BCUT2D eigenvalue weighted by atomic mass is 35.5. The fourth-order valence-electron chi connectivity index (χ4n) is 1.90. The van der Waals surface area contributed by atoms with Crippen LogP contribution < -0.4 is 4.74 Å². The van der Waals surface area contributed by atoms with Gasteiger partial charge in [0.1, 0.15) is 18.0 Å². The average molecular weight is 257 g/mol. The van der Waals surface area contributed by atoms with Crippen molar-refractivity contribution in [3.63, 3.8) is 0 Å². The van der Waals surface area contributed by atoms with Crippen LogP contribution in [0.1, 0.15) is 18.4 Å². The van der Waals surface area contributed by atoms with Crippen molar-refractivity contribution in [1.29, 1.82) is 0 Å². The molecule has 0 amide bonds. The second-order valence-corrected chi connectivity index (χ2v) is 4.92. The number of halogens is 1. The van der Waals surface area contributed by atoms with Crippen molar-refractivity contribution < 1.29 is 14.6 Å². The second-order valence-electron chi connectivity index (χ2n) is 4.51. The number of ether oxygens (including phenoxy) is 2. The van der Waals surface area contributed by atoms with Crippen molar-refractivity contribution in [2.45, 2.75) is 25.4 Å². The number of aryl methyl sites for hydroxylation is 1. The highest BCUT2D eigenvalue weighted by Crippen LogP contribution is 2.30. The zero-order chi connectivity index (χ0) is 12.3. The van der Waals surface area contributed by atoms with Crippen molar-refractivity contribution in [1.82, 2.24) is 0 Å². The predicted molar refractivity (Wildman–Crippen MR) is 66.7 cm³/mol. The van der Waals surface area contributed by atoms with Gasteiger partial charge in [-0.2, -0.15) is 0 Å². The number of aliphatic hydroxyl groups is 1. The minimum Gasteiger partial charge on any atom is -0.489 e. The molecule has 94 valence electrons. The van der Waals surface area contributed by atoms with Crippen molar-refractivity contribution in [2.75, 3.05) is 19.8 Å². The van der Waals surface area contributed by atoms with E-state index in [2.05, 4.69) is 0 Å². The van der Waals surface area contributed by atoms with Crippen molar-refractivity contribution in [3.8, 4) is 5.75 Å². The van der Waals surface area contributed by atoms with E-state index in [-0.39, 0.29) is 6.61 Å². The van der Waals surface area contributed by atoms with Gasteiger partial charge in [-0.15, -0.1) is 0 Å². The molecule has 1 heterocycles. The summed E-state index contributed by atoms with van der Waals surface area (Å²) in [6.07, 6.45) is 1.22. The number of hydrogen-bond donors (Lipinski definition) is 1. The Kier molecular flexibility index (Phi) is 3.92. The molecule has 1 fully saturated rings. The van der Waals surface area contributed by atoms with Gasteiger partial charge in [-0.3, -0.25) is 0 Å². The van der Waals surface area contributed by atoms with Crippen LogP contribution >= 0.6 is 11.6 Å². The van der Waals surface area contributed by atoms with Gasteiger partial charge < -0.3 is 14.6 Å². The first-order valence-electron chi connectivity index (χ1n) is 5.79. The number of benzene rings is 1. The summed E-state index contributed by atoms with van der Waals surface area (Å²) < 4.78 is 10.9. The summed E-state index contributed by atoms with van der Waals surface area (Å²) >= 11 is 6.06. The van der Waals surface area contributed by atoms with Gasteiger partial charge in [-0.1, -0.05) is 23.7 Å². The molecule has 1 saturated heterocycles. The van der Waals surface area contributed by atoms with Gasteiger partial charge in [-0.25, -0.2) is 0 Å². The monoisotopic (exact) mass is 256 g/mol. The molecule has 0 spiro atoms. The van der Waals surface area contributed by atoms with Crippen LogP contribution in [0.4, 0.5) is 0 Å². The molecule has 4 heteroatoms. The Morgan fingerprint density at radius 2 is 2.12 bits per heavy atom. The van der Waals surface area contributed by atoms with E-state index in [1.807, 2.05) is 19.1 Å². The van der Waals surface area contributed by atoms with E-state index >= 15 is 0 Å². The van der Waals surface area contributed by atoms with Crippen LogP contribution in [-0.2, 0) is 4.74 Å². The lowest BCUT2D eigenvalue weighted by atomic mass is 9.96. The molecule has 0 aromatic heterocycles. The molecular weight excluding hydrogens is 240 g/mol. The van der Waals surface area contributed by atoms with E-state index in [9.17, 15) is 5.11 Å². The molecule has 3 nitrogen and oxygen atoms in total. The molecule has 17 heavy (non-hydrogen) atoms. The summed E-state index contributed by atoms with van der Waals surface area (Å²) in [5.74, 6) is 0.661. The standard InChI is InChI=1S/C13H17ClO3/c1-10-3-2-4-11(14)12(10)17-9-13(15)5-7-16-8-6-13/h2-4,15H,5-9H2,1H3. The fraction of sp³-hybridized carbons (Fsp3) is 0.538. The minimum absolute atomic E-state index is 0.265. The lowest BCUT2D eigenvalue weighted by Gasteiger charge is -2.32. The Morgan fingerprint density at radius 3 is 2.76 bits per heavy atom. The van der Waals surface area contributed by atoms with Crippen LogP contribution in [0.5, 0.6) is 5.75 Å². The summed E-state index contributed by atoms with van der Waals surface area (Å²) in [6, 6.07) is 5.61. The van der Waals surface area contributed by atoms with E-state index in [0.29, 0.717) is 36.8 Å². The van der Waals surface area contributed by atoms with Crippen LogP contribution in [0.15, 0.2) is 18.2 Å².